The van der Waals surface area contributed by atoms with Crippen molar-refractivity contribution in [3.8, 4) is 0 Å². The first-order valence-corrected chi connectivity index (χ1v) is 10.9. The normalized spacial score (nSPS) is 16.4. The van der Waals surface area contributed by atoms with Crippen molar-refractivity contribution in [3.05, 3.63) is 53.6 Å². The van der Waals surface area contributed by atoms with Gasteiger partial charge in [0.2, 0.25) is 0 Å². The summed E-state index contributed by atoms with van der Waals surface area (Å²) in [5.74, 6) is 0. The van der Waals surface area contributed by atoms with E-state index in [1.165, 1.54) is 5.57 Å². The van der Waals surface area contributed by atoms with E-state index < -0.39 is 15.6 Å². The Hall–Kier alpha value is -1.24. The van der Waals surface area contributed by atoms with Gasteiger partial charge in [-0.3, -0.25) is 10.0 Å². The van der Waals surface area contributed by atoms with E-state index in [4.69, 9.17) is 0 Å². The van der Waals surface area contributed by atoms with Gasteiger partial charge in [0.1, 0.15) is 0 Å². The number of benzene rings is 1. The van der Waals surface area contributed by atoms with Crippen LogP contribution in [0.3, 0.4) is 0 Å². The van der Waals surface area contributed by atoms with Gasteiger partial charge in [0.05, 0.1) is 12.3 Å². The molecule has 0 amide bonds. The van der Waals surface area contributed by atoms with Gasteiger partial charge >= 0.3 is 15.6 Å². The molecule has 0 bridgehead atoms. The van der Waals surface area contributed by atoms with Crippen molar-refractivity contribution < 1.29 is 32.4 Å². The molecule has 0 radical (unpaired) electrons. The Bertz CT molecular complexity index is 715. The Balaban J connectivity index is 2.45. The molecule has 8 nitrogen and oxygen atoms in total. The van der Waals surface area contributed by atoms with Crippen LogP contribution in [0.1, 0.15) is 33.6 Å². The van der Waals surface area contributed by atoms with Crippen LogP contribution in [0.2, 0.25) is 0 Å². The van der Waals surface area contributed by atoms with E-state index in [0.717, 1.165) is 18.4 Å². The van der Waals surface area contributed by atoms with Crippen LogP contribution in [0.25, 0.3) is 0 Å². The van der Waals surface area contributed by atoms with E-state index in [9.17, 15) is 18.9 Å². The fourth-order valence-electron chi connectivity index (χ4n) is 1.75. The van der Waals surface area contributed by atoms with Crippen molar-refractivity contribution in [2.24, 2.45) is 0 Å². The molecule has 1 aromatic carbocycles. The van der Waals surface area contributed by atoms with E-state index in [-0.39, 0.29) is 6.61 Å². The summed E-state index contributed by atoms with van der Waals surface area (Å²) in [6.07, 6.45) is 5.31. The number of rotatable bonds is 11. The molecule has 2 atom stereocenters. The summed E-state index contributed by atoms with van der Waals surface area (Å²) in [7, 11) is -9.62. The van der Waals surface area contributed by atoms with E-state index in [1.807, 2.05) is 20.8 Å². The molecular weight excluding hydrogens is 380 g/mol. The molecule has 0 saturated heterocycles. The SMILES string of the molecule is CC(C)=CCC/C(C)=C/COP(=O)(O)OP(=O)(O)ONc1ccccc1. The molecule has 0 saturated carbocycles. The smallest absolute Gasteiger partial charge is 0.302 e. The molecular formula is C16H25NO7P2. The fourth-order valence-corrected chi connectivity index (χ4v) is 3.60. The quantitative estimate of drug-likeness (QED) is 0.269. The lowest BCUT2D eigenvalue weighted by Gasteiger charge is -2.15. The van der Waals surface area contributed by atoms with Gasteiger partial charge in [0.15, 0.2) is 0 Å². The van der Waals surface area contributed by atoms with Crippen LogP contribution in [-0.4, -0.2) is 16.4 Å². The summed E-state index contributed by atoms with van der Waals surface area (Å²) in [6.45, 7) is 5.63. The first-order chi connectivity index (χ1) is 12.1. The highest BCUT2D eigenvalue weighted by Crippen LogP contribution is 2.60. The lowest BCUT2D eigenvalue weighted by molar-refractivity contribution is 0.177. The van der Waals surface area contributed by atoms with E-state index in [0.29, 0.717) is 5.69 Å². The lowest BCUT2D eigenvalue weighted by atomic mass is 10.1. The third-order valence-electron chi connectivity index (χ3n) is 3.02. The Labute approximate surface area is 153 Å². The summed E-state index contributed by atoms with van der Waals surface area (Å²) in [6, 6.07) is 8.21. The second-order valence-electron chi connectivity index (χ2n) is 5.74. The molecule has 0 aliphatic heterocycles. The molecule has 3 N–H and O–H groups in total. The number of allylic oxidation sites excluding steroid dienone is 3. The minimum absolute atomic E-state index is 0.236. The van der Waals surface area contributed by atoms with E-state index in [2.05, 4.69) is 25.0 Å². The van der Waals surface area contributed by atoms with Gasteiger partial charge in [0.25, 0.3) is 0 Å². The number of anilines is 1. The topological polar surface area (TPSA) is 114 Å². The molecule has 2 unspecified atom stereocenters. The van der Waals surface area contributed by atoms with Crippen LogP contribution in [-0.2, 0) is 22.6 Å². The molecule has 10 heteroatoms. The number of nitrogens with one attached hydrogen (secondary N) is 1. The van der Waals surface area contributed by atoms with Crippen LogP contribution >= 0.6 is 15.6 Å². The van der Waals surface area contributed by atoms with Crippen LogP contribution in [0.5, 0.6) is 0 Å². The molecule has 1 rings (SSSR count). The minimum Gasteiger partial charge on any atom is -0.302 e. The summed E-state index contributed by atoms with van der Waals surface area (Å²) < 4.78 is 36.8. The summed E-state index contributed by atoms with van der Waals surface area (Å²) in [5, 5.41) is 0. The summed E-state index contributed by atoms with van der Waals surface area (Å²) >= 11 is 0. The van der Waals surface area contributed by atoms with Crippen molar-refractivity contribution >= 4 is 21.3 Å². The number of phosphoric acid groups is 2. The Morgan fingerprint density at radius 1 is 1.08 bits per heavy atom. The van der Waals surface area contributed by atoms with Crippen LogP contribution in [0.4, 0.5) is 5.69 Å². The van der Waals surface area contributed by atoms with Crippen molar-refractivity contribution in [1.82, 2.24) is 0 Å². The highest BCUT2D eigenvalue weighted by Gasteiger charge is 2.35. The zero-order valence-electron chi connectivity index (χ0n) is 15.0. The van der Waals surface area contributed by atoms with Crippen LogP contribution in [0, 0.1) is 0 Å². The van der Waals surface area contributed by atoms with Gasteiger partial charge in [-0.15, -0.1) is 0 Å². The second-order valence-corrected chi connectivity index (χ2v) is 8.71. The van der Waals surface area contributed by atoms with Crippen LogP contribution < -0.4 is 5.48 Å². The predicted octanol–water partition coefficient (Wildman–Crippen LogP) is 4.96. The molecule has 0 spiro atoms. The summed E-state index contributed by atoms with van der Waals surface area (Å²) in [4.78, 5) is 19.0. The predicted molar refractivity (Wildman–Crippen MR) is 100 cm³/mol. The van der Waals surface area contributed by atoms with Gasteiger partial charge in [-0.05, 0) is 45.7 Å². The minimum atomic E-state index is -4.85. The maximum Gasteiger partial charge on any atom is 0.502 e. The van der Waals surface area contributed by atoms with Gasteiger partial charge in [0, 0.05) is 0 Å². The van der Waals surface area contributed by atoms with Gasteiger partial charge in [-0.1, -0.05) is 41.5 Å². The monoisotopic (exact) mass is 405 g/mol. The zero-order chi connectivity index (χ0) is 19.6. The molecule has 1 aromatic rings. The third-order valence-corrected chi connectivity index (χ3v) is 5.47. The molecule has 0 aromatic heterocycles. The Morgan fingerprint density at radius 3 is 2.35 bits per heavy atom. The van der Waals surface area contributed by atoms with Crippen molar-refractivity contribution in [3.63, 3.8) is 0 Å². The standard InChI is InChI=1S/C16H25NO7P2/c1-14(2)8-7-9-15(3)12-13-22-25(18,19)24-26(20,21)23-17-16-10-5-4-6-11-16/h4-6,8,10-12,17H,7,9,13H2,1-3H3,(H,18,19)(H,20,21)/b15-12+. The average molecular weight is 405 g/mol. The van der Waals surface area contributed by atoms with Crippen molar-refractivity contribution in [2.75, 3.05) is 12.1 Å². The Morgan fingerprint density at radius 2 is 1.73 bits per heavy atom. The molecule has 0 heterocycles. The molecule has 26 heavy (non-hydrogen) atoms. The average Bonchev–Trinajstić information content (AvgIpc) is 2.52. The fraction of sp³-hybridized carbons (Fsp3) is 0.375. The molecule has 146 valence electrons. The lowest BCUT2D eigenvalue weighted by Crippen LogP contribution is -2.02. The number of hydrogen-bond donors (Lipinski definition) is 3. The zero-order valence-corrected chi connectivity index (χ0v) is 16.8. The maximum atomic E-state index is 11.8. The maximum absolute atomic E-state index is 11.8. The third kappa shape index (κ3) is 10.7. The van der Waals surface area contributed by atoms with Gasteiger partial charge in [-0.25, -0.2) is 9.13 Å². The first-order valence-electron chi connectivity index (χ1n) is 7.90. The molecule has 0 aliphatic carbocycles. The van der Waals surface area contributed by atoms with Gasteiger partial charge < -0.3 is 9.79 Å². The second kappa shape index (κ2) is 10.8. The highest BCUT2D eigenvalue weighted by molar-refractivity contribution is 7.61. The van der Waals surface area contributed by atoms with Crippen LogP contribution in [0.15, 0.2) is 53.6 Å². The molecule has 0 fully saturated rings. The Kier molecular flexibility index (Phi) is 9.47. The largest absolute Gasteiger partial charge is 0.502 e. The molecule has 0 aliphatic rings. The van der Waals surface area contributed by atoms with Gasteiger partial charge in [-0.2, -0.15) is 8.94 Å². The number of para-hydroxylation sites is 1. The first kappa shape index (κ1) is 22.8. The van der Waals surface area contributed by atoms with E-state index in [1.54, 1.807) is 36.4 Å². The highest BCUT2D eigenvalue weighted by atomic mass is 31.3. The van der Waals surface area contributed by atoms with Crippen molar-refractivity contribution in [1.29, 1.82) is 0 Å². The van der Waals surface area contributed by atoms with E-state index >= 15 is 0 Å². The van der Waals surface area contributed by atoms with Crippen molar-refractivity contribution in [2.45, 2.75) is 33.6 Å². The number of phosphoric ester groups is 1. The number of hydrogen-bond acceptors (Lipinski definition) is 6. The summed E-state index contributed by atoms with van der Waals surface area (Å²) in [5.41, 5.74) is 4.71.